The molecule has 0 radical (unpaired) electrons. The van der Waals surface area contributed by atoms with Gasteiger partial charge in [-0.05, 0) is 48.2 Å². The van der Waals surface area contributed by atoms with E-state index in [0.717, 1.165) is 41.9 Å². The van der Waals surface area contributed by atoms with Crippen molar-refractivity contribution in [2.75, 3.05) is 0 Å². The molecule has 0 saturated heterocycles. The summed E-state index contributed by atoms with van der Waals surface area (Å²) in [5, 5.41) is 17.4. The van der Waals surface area contributed by atoms with Crippen LogP contribution in [0.2, 0.25) is 0 Å². The normalized spacial score (nSPS) is 19.8. The van der Waals surface area contributed by atoms with E-state index in [1.54, 1.807) is 0 Å². The summed E-state index contributed by atoms with van der Waals surface area (Å²) in [7, 11) is 0. The molecule has 2 aromatic carbocycles. The smallest absolute Gasteiger partial charge is 0.119 e. The molecule has 0 unspecified atom stereocenters. The maximum absolute atomic E-state index is 8.70. The standard InChI is InChI=1S/C19H24N2O4/c22-20-12-14-1-5-16(6-2-14)24-18-9-10-19(11-18)25-17-7-3-15(4-8-17)13-21-23/h1-8,18-23H,9-13H2/t18-,19-/m0/s1. The highest BCUT2D eigenvalue weighted by molar-refractivity contribution is 5.28. The highest BCUT2D eigenvalue weighted by Gasteiger charge is 2.27. The molecule has 0 spiro atoms. The van der Waals surface area contributed by atoms with Crippen molar-refractivity contribution in [1.82, 2.24) is 11.0 Å². The van der Waals surface area contributed by atoms with Gasteiger partial charge in [0.2, 0.25) is 0 Å². The van der Waals surface area contributed by atoms with Gasteiger partial charge in [-0.1, -0.05) is 24.3 Å². The molecular formula is C19H24N2O4. The Hall–Kier alpha value is -2.12. The van der Waals surface area contributed by atoms with Crippen molar-refractivity contribution >= 4 is 0 Å². The molecule has 6 nitrogen and oxygen atoms in total. The molecule has 0 heterocycles. The molecule has 1 aliphatic carbocycles. The van der Waals surface area contributed by atoms with Gasteiger partial charge in [0.1, 0.15) is 23.7 Å². The molecule has 6 heteroatoms. The Labute approximate surface area is 147 Å². The lowest BCUT2D eigenvalue weighted by atomic mass is 10.2. The Bertz CT molecular complexity index is 588. The fourth-order valence-electron chi connectivity index (χ4n) is 3.05. The molecule has 134 valence electrons. The Morgan fingerprint density at radius 1 is 0.720 bits per heavy atom. The maximum Gasteiger partial charge on any atom is 0.119 e. The molecule has 2 aromatic rings. The van der Waals surface area contributed by atoms with Gasteiger partial charge in [-0.15, -0.1) is 0 Å². The van der Waals surface area contributed by atoms with E-state index < -0.39 is 0 Å². The average Bonchev–Trinajstić information content (AvgIpc) is 3.06. The lowest BCUT2D eigenvalue weighted by molar-refractivity contribution is 0.160. The van der Waals surface area contributed by atoms with Crippen LogP contribution in [0.15, 0.2) is 48.5 Å². The molecule has 25 heavy (non-hydrogen) atoms. The lowest BCUT2D eigenvalue weighted by Crippen LogP contribution is -2.17. The summed E-state index contributed by atoms with van der Waals surface area (Å²) in [6.45, 7) is 0.847. The van der Waals surface area contributed by atoms with Gasteiger partial charge in [0.25, 0.3) is 0 Å². The Balaban J connectivity index is 1.48. The number of hydroxylamine groups is 2. The van der Waals surface area contributed by atoms with Crippen LogP contribution in [0.4, 0.5) is 0 Å². The third-order valence-corrected chi connectivity index (χ3v) is 4.35. The van der Waals surface area contributed by atoms with Crippen LogP contribution in [0.3, 0.4) is 0 Å². The summed E-state index contributed by atoms with van der Waals surface area (Å²) in [5.41, 5.74) is 6.29. The summed E-state index contributed by atoms with van der Waals surface area (Å²) >= 11 is 0. The molecule has 0 aromatic heterocycles. The van der Waals surface area contributed by atoms with E-state index in [1.807, 2.05) is 48.5 Å². The summed E-state index contributed by atoms with van der Waals surface area (Å²) in [5.74, 6) is 1.68. The van der Waals surface area contributed by atoms with Gasteiger partial charge in [-0.25, -0.2) is 11.0 Å². The van der Waals surface area contributed by atoms with Crippen molar-refractivity contribution in [3.8, 4) is 11.5 Å². The average molecular weight is 344 g/mol. The summed E-state index contributed by atoms with van der Waals surface area (Å²) in [4.78, 5) is 0. The number of rotatable bonds is 8. The van der Waals surface area contributed by atoms with Crippen molar-refractivity contribution in [1.29, 1.82) is 0 Å². The fraction of sp³-hybridized carbons (Fsp3) is 0.368. The van der Waals surface area contributed by atoms with Gasteiger partial charge in [-0.3, -0.25) is 0 Å². The van der Waals surface area contributed by atoms with E-state index in [0.29, 0.717) is 13.1 Å². The summed E-state index contributed by atoms with van der Waals surface area (Å²) < 4.78 is 12.1. The van der Waals surface area contributed by atoms with E-state index in [4.69, 9.17) is 19.9 Å². The first-order chi connectivity index (χ1) is 12.3. The zero-order chi connectivity index (χ0) is 17.5. The molecule has 1 fully saturated rings. The van der Waals surface area contributed by atoms with Crippen molar-refractivity contribution in [2.45, 2.75) is 44.6 Å². The zero-order valence-corrected chi connectivity index (χ0v) is 14.0. The van der Waals surface area contributed by atoms with Crippen molar-refractivity contribution < 1.29 is 19.9 Å². The van der Waals surface area contributed by atoms with Gasteiger partial charge in [0.05, 0.1) is 0 Å². The van der Waals surface area contributed by atoms with Gasteiger partial charge in [0, 0.05) is 19.5 Å². The third kappa shape index (κ3) is 5.17. The number of nitrogens with one attached hydrogen (secondary N) is 2. The van der Waals surface area contributed by atoms with Crippen LogP contribution in [-0.2, 0) is 13.1 Å². The van der Waals surface area contributed by atoms with Crippen LogP contribution in [0.25, 0.3) is 0 Å². The molecule has 3 rings (SSSR count). The largest absolute Gasteiger partial charge is 0.490 e. The Kier molecular flexibility index (Phi) is 6.25. The Morgan fingerprint density at radius 3 is 1.48 bits per heavy atom. The van der Waals surface area contributed by atoms with Gasteiger partial charge >= 0.3 is 0 Å². The minimum absolute atomic E-state index is 0.157. The molecule has 0 amide bonds. The SMILES string of the molecule is ONCc1ccc(O[C@H]2CC[C@H](Oc3ccc(CNO)cc3)C2)cc1. The number of hydrogen-bond donors (Lipinski definition) is 4. The van der Waals surface area contributed by atoms with Crippen LogP contribution >= 0.6 is 0 Å². The first kappa shape index (κ1) is 17.7. The number of hydrogen-bond acceptors (Lipinski definition) is 6. The Morgan fingerprint density at radius 2 is 1.12 bits per heavy atom. The lowest BCUT2D eigenvalue weighted by Gasteiger charge is -2.16. The van der Waals surface area contributed by atoms with E-state index in [2.05, 4.69) is 11.0 Å². The van der Waals surface area contributed by atoms with Crippen molar-refractivity contribution in [3.63, 3.8) is 0 Å². The predicted molar refractivity (Wildman–Crippen MR) is 92.8 cm³/mol. The highest BCUT2D eigenvalue weighted by atomic mass is 16.5. The maximum atomic E-state index is 8.70. The number of ether oxygens (including phenoxy) is 2. The quantitative estimate of drug-likeness (QED) is 0.551. The van der Waals surface area contributed by atoms with Gasteiger partial charge in [-0.2, -0.15) is 0 Å². The van der Waals surface area contributed by atoms with E-state index >= 15 is 0 Å². The van der Waals surface area contributed by atoms with Crippen molar-refractivity contribution in [2.24, 2.45) is 0 Å². The second-order valence-corrected chi connectivity index (χ2v) is 6.25. The minimum Gasteiger partial charge on any atom is -0.490 e. The molecule has 1 aliphatic rings. The van der Waals surface area contributed by atoms with Crippen LogP contribution in [-0.4, -0.2) is 22.6 Å². The van der Waals surface area contributed by atoms with Crippen LogP contribution in [0, 0.1) is 0 Å². The molecule has 0 aliphatic heterocycles. The second-order valence-electron chi connectivity index (χ2n) is 6.25. The number of benzene rings is 2. The van der Waals surface area contributed by atoms with Gasteiger partial charge < -0.3 is 19.9 Å². The zero-order valence-electron chi connectivity index (χ0n) is 14.0. The summed E-state index contributed by atoms with van der Waals surface area (Å²) in [6, 6.07) is 15.4. The van der Waals surface area contributed by atoms with Gasteiger partial charge in [0.15, 0.2) is 0 Å². The molecule has 2 atom stereocenters. The second kappa shape index (κ2) is 8.82. The monoisotopic (exact) mass is 344 g/mol. The predicted octanol–water partition coefficient (Wildman–Crippen LogP) is 3.02. The molecule has 1 saturated carbocycles. The van der Waals surface area contributed by atoms with Crippen LogP contribution in [0.1, 0.15) is 30.4 Å². The summed E-state index contributed by atoms with van der Waals surface area (Å²) in [6.07, 6.45) is 3.11. The first-order valence-corrected chi connectivity index (χ1v) is 8.52. The van der Waals surface area contributed by atoms with E-state index in [9.17, 15) is 0 Å². The van der Waals surface area contributed by atoms with E-state index in [1.165, 1.54) is 0 Å². The highest BCUT2D eigenvalue weighted by Crippen LogP contribution is 2.28. The van der Waals surface area contributed by atoms with Crippen LogP contribution < -0.4 is 20.4 Å². The molecule has 0 bridgehead atoms. The molecule has 4 N–H and O–H groups in total. The fourth-order valence-corrected chi connectivity index (χ4v) is 3.05. The molecular weight excluding hydrogens is 320 g/mol. The topological polar surface area (TPSA) is 83.0 Å². The minimum atomic E-state index is 0.157. The van der Waals surface area contributed by atoms with Crippen LogP contribution in [0.5, 0.6) is 11.5 Å². The third-order valence-electron chi connectivity index (χ3n) is 4.35. The first-order valence-electron chi connectivity index (χ1n) is 8.52. The van der Waals surface area contributed by atoms with Crippen molar-refractivity contribution in [3.05, 3.63) is 59.7 Å². The van der Waals surface area contributed by atoms with E-state index in [-0.39, 0.29) is 12.2 Å².